The Bertz CT molecular complexity index is 601. The van der Waals surface area contributed by atoms with Crippen LogP contribution in [0.4, 0.5) is 17.2 Å². The summed E-state index contributed by atoms with van der Waals surface area (Å²) in [4.78, 5) is 16.3. The molecule has 1 aliphatic heterocycles. The van der Waals surface area contributed by atoms with Crippen molar-refractivity contribution in [3.05, 3.63) is 48.7 Å². The summed E-state index contributed by atoms with van der Waals surface area (Å²) < 4.78 is 0. The molecule has 3 rings (SSSR count). The smallest absolute Gasteiger partial charge is 0.228 e. The van der Waals surface area contributed by atoms with Crippen molar-refractivity contribution >= 4 is 47.9 Å². The van der Waals surface area contributed by atoms with Crippen LogP contribution in [0.5, 0.6) is 0 Å². The lowest BCUT2D eigenvalue weighted by atomic mass is 10.1. The summed E-state index contributed by atoms with van der Waals surface area (Å²) in [6, 6.07) is 13.6. The highest BCUT2D eigenvalue weighted by molar-refractivity contribution is 5.92. The number of carbonyl (C=O) groups excluding carboxylic acids is 1. The third-order valence-electron chi connectivity index (χ3n) is 3.51. The third kappa shape index (κ3) is 5.39. The Balaban J connectivity index is 0.00000132. The van der Waals surface area contributed by atoms with Crippen molar-refractivity contribution in [1.82, 2.24) is 10.3 Å². The molecule has 1 aromatic carbocycles. The number of para-hydroxylation sites is 1. The number of hydrogen-bond donors (Lipinski definition) is 3. The van der Waals surface area contributed by atoms with Gasteiger partial charge in [-0.2, -0.15) is 0 Å². The number of hydrogen-bond acceptors (Lipinski definition) is 4. The first kappa shape index (κ1) is 19.2. The van der Waals surface area contributed by atoms with Crippen LogP contribution in [-0.2, 0) is 4.79 Å². The fourth-order valence-electron chi connectivity index (χ4n) is 2.33. The fourth-order valence-corrected chi connectivity index (χ4v) is 2.33. The zero-order valence-corrected chi connectivity index (χ0v) is 14.1. The molecule has 23 heavy (non-hydrogen) atoms. The van der Waals surface area contributed by atoms with E-state index < -0.39 is 0 Å². The van der Waals surface area contributed by atoms with E-state index in [0.29, 0.717) is 0 Å². The number of nitrogens with zero attached hydrogens (tertiary/aromatic N) is 1. The molecule has 1 amide bonds. The van der Waals surface area contributed by atoms with E-state index in [0.717, 1.165) is 36.7 Å². The van der Waals surface area contributed by atoms with Crippen LogP contribution in [0.2, 0.25) is 0 Å². The van der Waals surface area contributed by atoms with Crippen LogP contribution in [-0.4, -0.2) is 24.0 Å². The highest BCUT2D eigenvalue weighted by Crippen LogP contribution is 2.17. The van der Waals surface area contributed by atoms with Crippen LogP contribution in [0.1, 0.15) is 6.42 Å². The van der Waals surface area contributed by atoms with E-state index in [2.05, 4.69) is 20.9 Å². The van der Waals surface area contributed by atoms with Gasteiger partial charge in [-0.15, -0.1) is 24.8 Å². The SMILES string of the molecule is Cl.Cl.O=C(Nc1ccc(Nc2ccccc2)nc1)C1CCNC1. The van der Waals surface area contributed by atoms with Crippen molar-refractivity contribution in [2.45, 2.75) is 6.42 Å². The van der Waals surface area contributed by atoms with Crippen LogP contribution in [0.15, 0.2) is 48.7 Å². The number of pyridine rings is 1. The Labute approximate surface area is 148 Å². The van der Waals surface area contributed by atoms with E-state index in [4.69, 9.17) is 0 Å². The van der Waals surface area contributed by atoms with Gasteiger partial charge in [0.2, 0.25) is 5.91 Å². The Morgan fingerprint density at radius 3 is 2.48 bits per heavy atom. The van der Waals surface area contributed by atoms with Gasteiger partial charge in [-0.05, 0) is 37.2 Å². The summed E-state index contributed by atoms with van der Waals surface area (Å²) in [5, 5.41) is 9.30. The van der Waals surface area contributed by atoms with Gasteiger partial charge in [-0.25, -0.2) is 4.98 Å². The Kier molecular flexibility index (Phi) is 7.81. The zero-order valence-electron chi connectivity index (χ0n) is 12.5. The summed E-state index contributed by atoms with van der Waals surface area (Å²) in [6.45, 7) is 1.67. The van der Waals surface area contributed by atoms with Crippen molar-refractivity contribution < 1.29 is 4.79 Å². The Morgan fingerprint density at radius 1 is 1.09 bits per heavy atom. The van der Waals surface area contributed by atoms with Gasteiger partial charge < -0.3 is 16.0 Å². The second-order valence-electron chi connectivity index (χ2n) is 5.10. The van der Waals surface area contributed by atoms with Gasteiger partial charge in [0.1, 0.15) is 5.82 Å². The molecule has 2 heterocycles. The molecule has 1 unspecified atom stereocenters. The van der Waals surface area contributed by atoms with Crippen molar-refractivity contribution in [2.75, 3.05) is 23.7 Å². The predicted octanol–water partition coefficient (Wildman–Crippen LogP) is 3.22. The number of carbonyl (C=O) groups is 1. The Morgan fingerprint density at radius 2 is 1.87 bits per heavy atom. The van der Waals surface area contributed by atoms with Gasteiger partial charge >= 0.3 is 0 Å². The topological polar surface area (TPSA) is 66.0 Å². The lowest BCUT2D eigenvalue weighted by molar-refractivity contribution is -0.119. The number of halogens is 2. The molecule has 1 fully saturated rings. The lowest BCUT2D eigenvalue weighted by Gasteiger charge is -2.10. The van der Waals surface area contributed by atoms with Crippen molar-refractivity contribution in [2.24, 2.45) is 5.92 Å². The van der Waals surface area contributed by atoms with Gasteiger partial charge in [0.15, 0.2) is 0 Å². The van der Waals surface area contributed by atoms with Gasteiger partial charge in [0.25, 0.3) is 0 Å². The summed E-state index contributed by atoms with van der Waals surface area (Å²) >= 11 is 0. The van der Waals surface area contributed by atoms with Gasteiger partial charge in [-0.1, -0.05) is 18.2 Å². The summed E-state index contributed by atoms with van der Waals surface area (Å²) in [6.07, 6.45) is 2.57. The minimum atomic E-state index is 0. The summed E-state index contributed by atoms with van der Waals surface area (Å²) in [7, 11) is 0. The molecule has 1 aromatic heterocycles. The third-order valence-corrected chi connectivity index (χ3v) is 3.51. The van der Waals surface area contributed by atoms with E-state index in [1.165, 1.54) is 0 Å². The molecule has 0 saturated carbocycles. The molecule has 0 spiro atoms. The second kappa shape index (κ2) is 9.35. The van der Waals surface area contributed by atoms with Gasteiger partial charge in [0, 0.05) is 12.2 Å². The largest absolute Gasteiger partial charge is 0.340 e. The first-order valence-corrected chi connectivity index (χ1v) is 7.11. The maximum Gasteiger partial charge on any atom is 0.228 e. The minimum Gasteiger partial charge on any atom is -0.340 e. The molecule has 1 aliphatic rings. The number of nitrogens with one attached hydrogen (secondary N) is 3. The Hall–Kier alpha value is -1.82. The number of rotatable bonds is 4. The normalized spacial score (nSPS) is 15.9. The molecule has 1 saturated heterocycles. The van der Waals surface area contributed by atoms with Crippen LogP contribution in [0.25, 0.3) is 0 Å². The molecule has 0 radical (unpaired) electrons. The number of amides is 1. The van der Waals surface area contributed by atoms with Crippen LogP contribution >= 0.6 is 24.8 Å². The predicted molar refractivity (Wildman–Crippen MR) is 98.1 cm³/mol. The number of anilines is 3. The average molecular weight is 355 g/mol. The molecular formula is C16H20Cl2N4O. The molecule has 7 heteroatoms. The standard InChI is InChI=1S/C16H18N4O.2ClH/c21-16(12-8-9-17-10-12)20-14-6-7-15(18-11-14)19-13-4-2-1-3-5-13;;/h1-7,11-12,17H,8-10H2,(H,18,19)(H,20,21);2*1H. The lowest BCUT2D eigenvalue weighted by Crippen LogP contribution is -2.24. The van der Waals surface area contributed by atoms with Crippen LogP contribution in [0.3, 0.4) is 0 Å². The number of aromatic nitrogens is 1. The maximum absolute atomic E-state index is 12.0. The first-order chi connectivity index (χ1) is 10.3. The van der Waals surface area contributed by atoms with Crippen molar-refractivity contribution in [3.63, 3.8) is 0 Å². The van der Waals surface area contributed by atoms with Gasteiger partial charge in [0.05, 0.1) is 17.8 Å². The first-order valence-electron chi connectivity index (χ1n) is 7.11. The molecule has 2 aromatic rings. The highest BCUT2D eigenvalue weighted by Gasteiger charge is 2.22. The highest BCUT2D eigenvalue weighted by atomic mass is 35.5. The molecule has 0 aliphatic carbocycles. The average Bonchev–Trinajstić information content (AvgIpc) is 3.05. The fraction of sp³-hybridized carbons (Fsp3) is 0.250. The zero-order chi connectivity index (χ0) is 14.5. The van der Waals surface area contributed by atoms with Crippen LogP contribution in [0, 0.1) is 5.92 Å². The molecule has 0 bridgehead atoms. The van der Waals surface area contributed by atoms with Crippen molar-refractivity contribution in [1.29, 1.82) is 0 Å². The quantitative estimate of drug-likeness (QED) is 0.788. The molecule has 1 atom stereocenters. The van der Waals surface area contributed by atoms with Gasteiger partial charge in [-0.3, -0.25) is 4.79 Å². The second-order valence-corrected chi connectivity index (χ2v) is 5.10. The van der Waals surface area contributed by atoms with E-state index in [1.54, 1.807) is 6.20 Å². The van der Waals surface area contributed by atoms with E-state index in [1.807, 2.05) is 42.5 Å². The van der Waals surface area contributed by atoms with Crippen molar-refractivity contribution in [3.8, 4) is 0 Å². The van der Waals surface area contributed by atoms with E-state index >= 15 is 0 Å². The molecular weight excluding hydrogens is 335 g/mol. The van der Waals surface area contributed by atoms with E-state index in [-0.39, 0.29) is 36.6 Å². The maximum atomic E-state index is 12.0. The van der Waals surface area contributed by atoms with E-state index in [9.17, 15) is 4.79 Å². The molecule has 124 valence electrons. The summed E-state index contributed by atoms with van der Waals surface area (Å²) in [5.74, 6) is 0.874. The van der Waals surface area contributed by atoms with Crippen LogP contribution < -0.4 is 16.0 Å². The number of benzene rings is 1. The minimum absolute atomic E-state index is 0. The summed E-state index contributed by atoms with van der Waals surface area (Å²) in [5.41, 5.74) is 1.71. The molecule has 3 N–H and O–H groups in total. The molecule has 5 nitrogen and oxygen atoms in total. The monoisotopic (exact) mass is 354 g/mol.